The van der Waals surface area contributed by atoms with Crippen LogP contribution in [0, 0.1) is 0 Å². The normalized spacial score (nSPS) is 17.6. The molecule has 1 aromatic heterocycles. The quantitative estimate of drug-likeness (QED) is 0.877. The molecule has 0 aliphatic carbocycles. The molecule has 2 N–H and O–H groups in total. The average molecular weight is 328 g/mol. The molecular weight excluding hydrogens is 317 g/mol. The van der Waals surface area contributed by atoms with Crippen molar-refractivity contribution in [1.29, 1.82) is 0 Å². The van der Waals surface area contributed by atoms with Gasteiger partial charge < -0.3 is 14.5 Å². The summed E-state index contributed by atoms with van der Waals surface area (Å²) in [6, 6.07) is 5.21. The second-order valence-electron chi connectivity index (χ2n) is 4.99. The number of hydrogen-bond acceptors (Lipinski definition) is 4. The highest BCUT2D eigenvalue weighted by atomic mass is 19.4. The predicted octanol–water partition coefficient (Wildman–Crippen LogP) is 1.62. The molecule has 122 valence electrons. The maximum absolute atomic E-state index is 12.2. The SMILES string of the molecule is O=c1[nH]c2c(c(=O)[nH]1)COCC2c1ccc(OC(F)(F)F)cc1. The third-order valence-electron chi connectivity index (χ3n) is 3.47. The Morgan fingerprint density at radius 1 is 1.13 bits per heavy atom. The third kappa shape index (κ3) is 3.29. The topological polar surface area (TPSA) is 84.2 Å². The molecule has 1 aliphatic heterocycles. The van der Waals surface area contributed by atoms with Gasteiger partial charge in [0.15, 0.2) is 0 Å². The van der Waals surface area contributed by atoms with Crippen LogP contribution in [0.2, 0.25) is 0 Å². The van der Waals surface area contributed by atoms with Gasteiger partial charge in [-0.2, -0.15) is 0 Å². The van der Waals surface area contributed by atoms with Crippen LogP contribution in [0.3, 0.4) is 0 Å². The van der Waals surface area contributed by atoms with Gasteiger partial charge in [0.2, 0.25) is 0 Å². The number of aromatic amines is 2. The summed E-state index contributed by atoms with van der Waals surface area (Å²) in [6.07, 6.45) is -4.76. The van der Waals surface area contributed by atoms with Crippen LogP contribution in [-0.4, -0.2) is 22.9 Å². The van der Waals surface area contributed by atoms with Gasteiger partial charge in [-0.3, -0.25) is 9.78 Å². The van der Waals surface area contributed by atoms with E-state index >= 15 is 0 Å². The van der Waals surface area contributed by atoms with E-state index in [0.717, 1.165) is 0 Å². The van der Waals surface area contributed by atoms with E-state index in [-0.39, 0.29) is 19.0 Å². The van der Waals surface area contributed by atoms with Crippen LogP contribution < -0.4 is 16.0 Å². The lowest BCUT2D eigenvalue weighted by Crippen LogP contribution is -2.33. The molecule has 0 fully saturated rings. The number of rotatable bonds is 2. The van der Waals surface area contributed by atoms with E-state index in [1.54, 1.807) is 0 Å². The summed E-state index contributed by atoms with van der Waals surface area (Å²) in [5, 5.41) is 0. The van der Waals surface area contributed by atoms with Gasteiger partial charge in [0.1, 0.15) is 5.75 Å². The van der Waals surface area contributed by atoms with Gasteiger partial charge in [-0.1, -0.05) is 12.1 Å². The molecule has 1 unspecified atom stereocenters. The number of fused-ring (bicyclic) bond motifs is 1. The molecule has 0 radical (unpaired) electrons. The first-order chi connectivity index (χ1) is 10.8. The number of ether oxygens (including phenoxy) is 2. The Bertz CT molecular complexity index is 824. The minimum atomic E-state index is -4.76. The average Bonchev–Trinajstić information content (AvgIpc) is 2.46. The van der Waals surface area contributed by atoms with Gasteiger partial charge in [-0.05, 0) is 17.7 Å². The zero-order chi connectivity index (χ0) is 16.6. The van der Waals surface area contributed by atoms with Crippen molar-refractivity contribution in [1.82, 2.24) is 9.97 Å². The third-order valence-corrected chi connectivity index (χ3v) is 3.47. The molecule has 1 atom stereocenters. The summed E-state index contributed by atoms with van der Waals surface area (Å²) < 4.78 is 45.6. The van der Waals surface area contributed by atoms with E-state index in [9.17, 15) is 22.8 Å². The summed E-state index contributed by atoms with van der Waals surface area (Å²) in [6.45, 7) is 0.263. The Balaban J connectivity index is 1.95. The van der Waals surface area contributed by atoms with Crippen molar-refractivity contribution < 1.29 is 22.6 Å². The van der Waals surface area contributed by atoms with E-state index in [1.807, 2.05) is 0 Å². The number of nitrogens with one attached hydrogen (secondary N) is 2. The second-order valence-corrected chi connectivity index (χ2v) is 4.99. The number of alkyl halides is 3. The molecule has 9 heteroatoms. The van der Waals surface area contributed by atoms with Gasteiger partial charge >= 0.3 is 12.1 Å². The molecule has 23 heavy (non-hydrogen) atoms. The maximum atomic E-state index is 12.2. The Hall–Kier alpha value is -2.55. The molecule has 0 amide bonds. The highest BCUT2D eigenvalue weighted by Gasteiger charge is 2.31. The number of H-pyrrole nitrogens is 2. The number of hydrogen-bond donors (Lipinski definition) is 2. The summed E-state index contributed by atoms with van der Waals surface area (Å²) in [5.74, 6) is -0.800. The van der Waals surface area contributed by atoms with Crippen molar-refractivity contribution in [3.8, 4) is 5.75 Å². The summed E-state index contributed by atoms with van der Waals surface area (Å²) in [5.41, 5.74) is 0.135. The molecule has 1 aliphatic rings. The van der Waals surface area contributed by atoms with Crippen LogP contribution >= 0.6 is 0 Å². The van der Waals surface area contributed by atoms with Gasteiger partial charge in [-0.15, -0.1) is 13.2 Å². The Labute approximate surface area is 126 Å². The molecule has 0 bridgehead atoms. The van der Waals surface area contributed by atoms with Crippen molar-refractivity contribution >= 4 is 0 Å². The minimum Gasteiger partial charge on any atom is -0.406 e. The monoisotopic (exact) mass is 328 g/mol. The summed E-state index contributed by atoms with van der Waals surface area (Å²) in [4.78, 5) is 27.9. The van der Waals surface area contributed by atoms with Crippen molar-refractivity contribution in [3.63, 3.8) is 0 Å². The fourth-order valence-corrected chi connectivity index (χ4v) is 2.50. The fraction of sp³-hybridized carbons (Fsp3) is 0.286. The predicted molar refractivity (Wildman–Crippen MR) is 72.3 cm³/mol. The van der Waals surface area contributed by atoms with E-state index in [1.165, 1.54) is 24.3 Å². The summed E-state index contributed by atoms with van der Waals surface area (Å²) in [7, 11) is 0. The van der Waals surface area contributed by atoms with Crippen LogP contribution in [0.15, 0.2) is 33.9 Å². The lowest BCUT2D eigenvalue weighted by atomic mass is 9.92. The number of aromatic nitrogens is 2. The zero-order valence-electron chi connectivity index (χ0n) is 11.6. The van der Waals surface area contributed by atoms with Crippen molar-refractivity contribution in [2.75, 3.05) is 6.61 Å². The molecule has 1 aromatic carbocycles. The molecule has 6 nitrogen and oxygen atoms in total. The molecule has 0 saturated carbocycles. The van der Waals surface area contributed by atoms with Gasteiger partial charge in [-0.25, -0.2) is 4.79 Å². The highest BCUT2D eigenvalue weighted by molar-refractivity contribution is 5.36. The van der Waals surface area contributed by atoms with Crippen molar-refractivity contribution in [3.05, 3.63) is 61.9 Å². The Kier molecular flexibility index (Phi) is 3.72. The van der Waals surface area contributed by atoms with Crippen LogP contribution in [-0.2, 0) is 11.3 Å². The Morgan fingerprint density at radius 2 is 1.83 bits per heavy atom. The molecule has 0 saturated heterocycles. The molecular formula is C14H11F3N2O4. The van der Waals surface area contributed by atoms with Crippen LogP contribution in [0.25, 0.3) is 0 Å². The Morgan fingerprint density at radius 3 is 2.48 bits per heavy atom. The molecule has 0 spiro atoms. The minimum absolute atomic E-state index is 0.0627. The lowest BCUT2D eigenvalue weighted by molar-refractivity contribution is -0.274. The number of benzene rings is 1. The fourth-order valence-electron chi connectivity index (χ4n) is 2.50. The van der Waals surface area contributed by atoms with Crippen molar-refractivity contribution in [2.24, 2.45) is 0 Å². The largest absolute Gasteiger partial charge is 0.573 e. The molecule has 3 rings (SSSR count). The van der Waals surface area contributed by atoms with Crippen LogP contribution in [0.4, 0.5) is 13.2 Å². The van der Waals surface area contributed by atoms with E-state index in [2.05, 4.69) is 14.7 Å². The van der Waals surface area contributed by atoms with Crippen LogP contribution in [0.5, 0.6) is 5.75 Å². The van der Waals surface area contributed by atoms with E-state index in [4.69, 9.17) is 4.74 Å². The van der Waals surface area contributed by atoms with Gasteiger partial charge in [0.25, 0.3) is 5.56 Å². The smallest absolute Gasteiger partial charge is 0.406 e. The van der Waals surface area contributed by atoms with Crippen LogP contribution in [0.1, 0.15) is 22.7 Å². The first kappa shape index (κ1) is 15.3. The first-order valence-corrected chi connectivity index (χ1v) is 6.62. The number of halogens is 3. The molecule has 2 aromatic rings. The van der Waals surface area contributed by atoms with E-state index in [0.29, 0.717) is 16.8 Å². The standard InChI is InChI=1S/C14H11F3N2O4/c15-14(16,17)23-8-3-1-7(2-4-8)9-5-22-6-10-11(9)18-13(21)19-12(10)20/h1-4,9H,5-6H2,(H2,18,19,20,21). The van der Waals surface area contributed by atoms with Gasteiger partial charge in [0.05, 0.1) is 18.8 Å². The van der Waals surface area contributed by atoms with Gasteiger partial charge in [0, 0.05) is 11.6 Å². The maximum Gasteiger partial charge on any atom is 0.573 e. The van der Waals surface area contributed by atoms with Crippen molar-refractivity contribution in [2.45, 2.75) is 18.9 Å². The first-order valence-electron chi connectivity index (χ1n) is 6.62. The van der Waals surface area contributed by atoms with E-state index < -0.39 is 23.5 Å². The second kappa shape index (κ2) is 5.58. The molecule has 2 heterocycles. The highest BCUT2D eigenvalue weighted by Crippen LogP contribution is 2.30. The summed E-state index contributed by atoms with van der Waals surface area (Å²) >= 11 is 0. The zero-order valence-corrected chi connectivity index (χ0v) is 11.6. The lowest BCUT2D eigenvalue weighted by Gasteiger charge is -2.24.